The number of sulfonamides is 1. The minimum atomic E-state index is -3.84. The summed E-state index contributed by atoms with van der Waals surface area (Å²) in [6.45, 7) is 9.50. The van der Waals surface area contributed by atoms with Crippen molar-refractivity contribution >= 4 is 21.6 Å². The molecule has 2 rings (SSSR count). The number of benzene rings is 2. The van der Waals surface area contributed by atoms with E-state index in [0.29, 0.717) is 11.4 Å². The molecule has 0 saturated heterocycles. The lowest BCUT2D eigenvalue weighted by Gasteiger charge is -2.26. The Hall–Kier alpha value is -2.54. The first-order chi connectivity index (χ1) is 13.4. The molecule has 0 radical (unpaired) electrons. The minimum absolute atomic E-state index is 0.0312. The van der Waals surface area contributed by atoms with Crippen molar-refractivity contribution in [1.82, 2.24) is 5.32 Å². The highest BCUT2D eigenvalue weighted by Crippen LogP contribution is 2.27. The van der Waals surface area contributed by atoms with Crippen LogP contribution in [-0.4, -0.2) is 33.5 Å². The highest BCUT2D eigenvalue weighted by atomic mass is 32.2. The van der Waals surface area contributed by atoms with E-state index in [9.17, 15) is 13.2 Å². The zero-order valence-electron chi connectivity index (χ0n) is 17.9. The van der Waals surface area contributed by atoms with Crippen LogP contribution in [0.25, 0.3) is 0 Å². The fraction of sp³-hybridized carbons (Fsp3) is 0.409. The smallest absolute Gasteiger partial charge is 0.264 e. The topological polar surface area (TPSA) is 75.7 Å². The van der Waals surface area contributed by atoms with Crippen molar-refractivity contribution in [1.29, 1.82) is 0 Å². The van der Waals surface area contributed by atoms with Gasteiger partial charge in [-0.05, 0) is 82.1 Å². The summed E-state index contributed by atoms with van der Waals surface area (Å²) < 4.78 is 33.3. The number of amides is 1. The molecule has 1 amide bonds. The van der Waals surface area contributed by atoms with Crippen LogP contribution in [0.4, 0.5) is 5.69 Å². The number of nitrogens with one attached hydrogen (secondary N) is 1. The second-order valence-electron chi connectivity index (χ2n) is 8.07. The van der Waals surface area contributed by atoms with Crippen LogP contribution in [0.15, 0.2) is 47.4 Å². The van der Waals surface area contributed by atoms with Gasteiger partial charge in [0.05, 0.1) is 17.7 Å². The van der Waals surface area contributed by atoms with Gasteiger partial charge < -0.3 is 10.1 Å². The first kappa shape index (κ1) is 22.7. The zero-order chi connectivity index (χ0) is 21.8. The molecule has 0 aliphatic carbocycles. The Balaban J connectivity index is 2.39. The summed E-state index contributed by atoms with van der Waals surface area (Å²) in [5, 5.41) is 2.87. The monoisotopic (exact) mass is 418 g/mol. The van der Waals surface area contributed by atoms with Crippen molar-refractivity contribution in [3.05, 3.63) is 53.6 Å². The molecule has 0 aromatic heterocycles. The third-order valence-electron chi connectivity index (χ3n) is 4.48. The highest BCUT2D eigenvalue weighted by molar-refractivity contribution is 7.92. The first-order valence-electron chi connectivity index (χ1n) is 9.49. The van der Waals surface area contributed by atoms with Gasteiger partial charge in [0.15, 0.2) is 0 Å². The molecule has 29 heavy (non-hydrogen) atoms. The Morgan fingerprint density at radius 1 is 1.03 bits per heavy atom. The molecule has 0 heterocycles. The summed E-state index contributed by atoms with van der Waals surface area (Å²) in [4.78, 5) is 12.5. The molecule has 0 aliphatic rings. The van der Waals surface area contributed by atoms with Crippen LogP contribution in [0.5, 0.6) is 5.75 Å². The lowest BCUT2D eigenvalue weighted by molar-refractivity contribution is -0.122. The van der Waals surface area contributed by atoms with E-state index in [1.807, 2.05) is 34.6 Å². The lowest BCUT2D eigenvalue weighted by Crippen LogP contribution is -2.42. The molecule has 0 saturated carbocycles. The molecule has 1 N–H and O–H groups in total. The van der Waals surface area contributed by atoms with Crippen LogP contribution in [-0.2, 0) is 14.8 Å². The number of anilines is 1. The highest BCUT2D eigenvalue weighted by Gasteiger charge is 2.26. The second kappa shape index (κ2) is 8.86. The Bertz CT molecular complexity index is 961. The predicted octanol–water partition coefficient (Wildman–Crippen LogP) is 3.81. The summed E-state index contributed by atoms with van der Waals surface area (Å²) in [6.07, 6.45) is 0.0490. The fourth-order valence-corrected chi connectivity index (χ4v) is 4.37. The quantitative estimate of drug-likeness (QED) is 0.742. The second-order valence-corrected chi connectivity index (χ2v) is 9.93. The number of hydrogen-bond donors (Lipinski definition) is 1. The van der Waals surface area contributed by atoms with Gasteiger partial charge in [0.1, 0.15) is 5.75 Å². The number of ether oxygens (including phenoxy) is 1. The Morgan fingerprint density at radius 3 is 2.17 bits per heavy atom. The van der Waals surface area contributed by atoms with Crippen LogP contribution >= 0.6 is 0 Å². The van der Waals surface area contributed by atoms with Gasteiger partial charge in [-0.15, -0.1) is 0 Å². The fourth-order valence-electron chi connectivity index (χ4n) is 2.82. The van der Waals surface area contributed by atoms with Crippen LogP contribution < -0.4 is 14.4 Å². The SMILES string of the molecule is COc1ccc(N(CCC(=O)NC(C)(C)C)S(=O)(=O)c2ccc(C)c(C)c2)cc1. The number of hydrogen-bond acceptors (Lipinski definition) is 4. The molecule has 0 unspecified atom stereocenters. The normalized spacial score (nSPS) is 11.8. The maximum absolute atomic E-state index is 13.4. The van der Waals surface area contributed by atoms with Crippen molar-refractivity contribution in [2.45, 2.75) is 51.5 Å². The van der Waals surface area contributed by atoms with E-state index >= 15 is 0 Å². The van der Waals surface area contributed by atoms with Gasteiger partial charge in [0, 0.05) is 18.5 Å². The third-order valence-corrected chi connectivity index (χ3v) is 6.31. The van der Waals surface area contributed by atoms with E-state index in [2.05, 4.69) is 5.32 Å². The molecule has 0 atom stereocenters. The number of nitrogens with zero attached hydrogens (tertiary/aromatic N) is 1. The van der Waals surface area contributed by atoms with Gasteiger partial charge in [-0.1, -0.05) is 6.07 Å². The molecule has 158 valence electrons. The van der Waals surface area contributed by atoms with Crippen molar-refractivity contribution in [3.63, 3.8) is 0 Å². The van der Waals surface area contributed by atoms with Crippen LogP contribution in [0.2, 0.25) is 0 Å². The van der Waals surface area contributed by atoms with Crippen LogP contribution in [0, 0.1) is 13.8 Å². The van der Waals surface area contributed by atoms with Crippen molar-refractivity contribution < 1.29 is 17.9 Å². The number of carbonyl (C=O) groups is 1. The Morgan fingerprint density at radius 2 is 1.66 bits per heavy atom. The summed E-state index contributed by atoms with van der Waals surface area (Å²) >= 11 is 0. The Kier molecular flexibility index (Phi) is 6.95. The van der Waals surface area contributed by atoms with Crippen molar-refractivity contribution in [2.24, 2.45) is 0 Å². The summed E-state index contributed by atoms with van der Waals surface area (Å²) in [5.74, 6) is 0.425. The van der Waals surface area contributed by atoms with Gasteiger partial charge in [0.25, 0.3) is 10.0 Å². The standard InChI is InChI=1S/C22H30N2O4S/c1-16-7-12-20(15-17(16)2)29(26,27)24(14-13-21(25)23-22(3,4)5)18-8-10-19(28-6)11-9-18/h7-12,15H,13-14H2,1-6H3,(H,23,25). The van der Waals surface area contributed by atoms with E-state index in [-0.39, 0.29) is 29.3 Å². The van der Waals surface area contributed by atoms with E-state index in [4.69, 9.17) is 4.74 Å². The first-order valence-corrected chi connectivity index (χ1v) is 10.9. The number of rotatable bonds is 7. The number of aryl methyl sites for hydroxylation is 2. The van der Waals surface area contributed by atoms with Gasteiger partial charge in [-0.2, -0.15) is 0 Å². The molecule has 2 aromatic carbocycles. The molecule has 0 aliphatic heterocycles. The average Bonchev–Trinajstić information content (AvgIpc) is 2.63. The Labute approximate surface area is 173 Å². The minimum Gasteiger partial charge on any atom is -0.497 e. The van der Waals surface area contributed by atoms with Crippen molar-refractivity contribution in [2.75, 3.05) is 18.0 Å². The molecule has 2 aromatic rings. The van der Waals surface area contributed by atoms with Gasteiger partial charge in [-0.3, -0.25) is 9.10 Å². The average molecular weight is 419 g/mol. The lowest BCUT2D eigenvalue weighted by atomic mass is 10.1. The summed E-state index contributed by atoms with van der Waals surface area (Å²) in [6, 6.07) is 11.8. The van der Waals surface area contributed by atoms with E-state index < -0.39 is 10.0 Å². The molecule has 7 heteroatoms. The molecular formula is C22H30N2O4S. The number of methoxy groups -OCH3 is 1. The zero-order valence-corrected chi connectivity index (χ0v) is 18.8. The maximum Gasteiger partial charge on any atom is 0.264 e. The van der Waals surface area contributed by atoms with E-state index in [1.54, 1.807) is 49.6 Å². The van der Waals surface area contributed by atoms with Gasteiger partial charge in [0.2, 0.25) is 5.91 Å². The third kappa shape index (κ3) is 5.97. The van der Waals surface area contributed by atoms with Crippen LogP contribution in [0.3, 0.4) is 0 Å². The molecule has 0 bridgehead atoms. The van der Waals surface area contributed by atoms with Crippen LogP contribution in [0.1, 0.15) is 38.3 Å². The molecule has 6 nitrogen and oxygen atoms in total. The molecule has 0 spiro atoms. The van der Waals surface area contributed by atoms with Gasteiger partial charge >= 0.3 is 0 Å². The number of carbonyl (C=O) groups excluding carboxylic acids is 1. The predicted molar refractivity (Wildman–Crippen MR) is 116 cm³/mol. The van der Waals surface area contributed by atoms with Gasteiger partial charge in [-0.25, -0.2) is 8.42 Å². The summed E-state index contributed by atoms with van der Waals surface area (Å²) in [7, 11) is -2.29. The maximum atomic E-state index is 13.4. The molecular weight excluding hydrogens is 388 g/mol. The molecule has 0 fully saturated rings. The van der Waals surface area contributed by atoms with E-state index in [0.717, 1.165) is 11.1 Å². The summed E-state index contributed by atoms with van der Waals surface area (Å²) in [5.41, 5.74) is 2.01. The largest absolute Gasteiger partial charge is 0.497 e. The van der Waals surface area contributed by atoms with Crippen molar-refractivity contribution in [3.8, 4) is 5.75 Å². The van der Waals surface area contributed by atoms with E-state index in [1.165, 1.54) is 4.31 Å².